The van der Waals surface area contributed by atoms with E-state index in [-0.39, 0.29) is 0 Å². The number of benzene rings is 2. The summed E-state index contributed by atoms with van der Waals surface area (Å²) in [4.78, 5) is 0. The second-order valence-electron chi connectivity index (χ2n) is 6.22. The highest BCUT2D eigenvalue weighted by atomic mass is 16.5. The van der Waals surface area contributed by atoms with Crippen LogP contribution in [0.2, 0.25) is 0 Å². The predicted octanol–water partition coefficient (Wildman–Crippen LogP) is 5.95. The first-order valence-corrected chi connectivity index (χ1v) is 8.88. The van der Waals surface area contributed by atoms with Crippen LogP contribution in [0.15, 0.2) is 36.4 Å². The molecule has 0 aliphatic carbocycles. The molecule has 3 aromatic rings. The first-order valence-electron chi connectivity index (χ1n) is 8.88. The predicted molar refractivity (Wildman–Crippen MR) is 99.5 cm³/mol. The van der Waals surface area contributed by atoms with Crippen LogP contribution in [0.3, 0.4) is 0 Å². The summed E-state index contributed by atoms with van der Waals surface area (Å²) >= 11 is 0. The van der Waals surface area contributed by atoms with Gasteiger partial charge in [0.05, 0.1) is 12.6 Å². The van der Waals surface area contributed by atoms with Gasteiger partial charge in [0.25, 0.3) is 0 Å². The molecule has 0 amide bonds. The maximum Gasteiger partial charge on any atom is 0.128 e. The third-order valence-corrected chi connectivity index (χ3v) is 4.80. The van der Waals surface area contributed by atoms with Crippen molar-refractivity contribution in [1.29, 1.82) is 0 Å². The van der Waals surface area contributed by atoms with E-state index in [0.717, 1.165) is 18.7 Å². The molecule has 0 atom stereocenters. The Labute approximate surface area is 139 Å². The van der Waals surface area contributed by atoms with E-state index < -0.39 is 0 Å². The van der Waals surface area contributed by atoms with Gasteiger partial charge in [-0.1, -0.05) is 44.4 Å². The molecule has 1 heterocycles. The van der Waals surface area contributed by atoms with Crippen molar-refractivity contribution in [3.8, 4) is 5.75 Å². The lowest BCUT2D eigenvalue weighted by molar-refractivity contribution is 0.420. The number of rotatable bonds is 7. The van der Waals surface area contributed by atoms with E-state index >= 15 is 0 Å². The summed E-state index contributed by atoms with van der Waals surface area (Å²) in [7, 11) is 1.77. The van der Waals surface area contributed by atoms with Gasteiger partial charge in [0.2, 0.25) is 0 Å². The van der Waals surface area contributed by atoms with Crippen LogP contribution in [0.1, 0.15) is 45.1 Å². The van der Waals surface area contributed by atoms with Gasteiger partial charge < -0.3 is 9.30 Å². The van der Waals surface area contributed by atoms with Crippen LogP contribution >= 0.6 is 0 Å². The minimum absolute atomic E-state index is 0.979. The van der Waals surface area contributed by atoms with Gasteiger partial charge in [-0.2, -0.15) is 0 Å². The molecule has 3 rings (SSSR count). The van der Waals surface area contributed by atoms with Gasteiger partial charge in [-0.15, -0.1) is 0 Å². The van der Waals surface area contributed by atoms with E-state index in [1.807, 2.05) is 0 Å². The van der Waals surface area contributed by atoms with Crippen molar-refractivity contribution in [1.82, 2.24) is 4.57 Å². The Morgan fingerprint density at radius 2 is 1.61 bits per heavy atom. The Morgan fingerprint density at radius 3 is 2.30 bits per heavy atom. The van der Waals surface area contributed by atoms with Gasteiger partial charge >= 0.3 is 0 Å². The lowest BCUT2D eigenvalue weighted by Crippen LogP contribution is -1.93. The highest BCUT2D eigenvalue weighted by molar-refractivity contribution is 6.12. The first-order chi connectivity index (χ1) is 11.3. The van der Waals surface area contributed by atoms with Gasteiger partial charge in [0, 0.05) is 22.8 Å². The highest BCUT2D eigenvalue weighted by Crippen LogP contribution is 2.37. The molecule has 0 saturated carbocycles. The summed E-state index contributed by atoms with van der Waals surface area (Å²) in [5.41, 5.74) is 4.07. The van der Waals surface area contributed by atoms with Gasteiger partial charge in [0.1, 0.15) is 5.75 Å². The standard InChI is InChI=1S/C21H27NO/c1-4-6-7-8-11-16-12-9-13-17-20(16)21-18(22(17)5-2)14-10-15-19(21)23-3/h9-10,12-15H,4-8,11H2,1-3H3. The Bertz CT molecular complexity index is 800. The largest absolute Gasteiger partial charge is 0.496 e. The number of methoxy groups -OCH3 is 1. The minimum Gasteiger partial charge on any atom is -0.496 e. The van der Waals surface area contributed by atoms with Crippen LogP contribution < -0.4 is 4.74 Å². The molecule has 0 radical (unpaired) electrons. The van der Waals surface area contributed by atoms with E-state index in [0.29, 0.717) is 0 Å². The number of nitrogens with zero attached hydrogens (tertiary/aromatic N) is 1. The van der Waals surface area contributed by atoms with Crippen molar-refractivity contribution < 1.29 is 4.74 Å². The van der Waals surface area contributed by atoms with E-state index in [4.69, 9.17) is 4.74 Å². The molecule has 2 heteroatoms. The summed E-state index contributed by atoms with van der Waals surface area (Å²) in [6.45, 7) is 5.46. The van der Waals surface area contributed by atoms with Crippen LogP contribution in [-0.2, 0) is 13.0 Å². The molecule has 0 unspecified atom stereocenters. The molecule has 122 valence electrons. The molecule has 2 nitrogen and oxygen atoms in total. The number of ether oxygens (including phenoxy) is 1. The maximum atomic E-state index is 5.68. The van der Waals surface area contributed by atoms with Crippen molar-refractivity contribution in [3.63, 3.8) is 0 Å². The summed E-state index contributed by atoms with van der Waals surface area (Å²) in [5, 5.41) is 2.66. The number of aromatic nitrogens is 1. The third kappa shape index (κ3) is 2.83. The molecular weight excluding hydrogens is 282 g/mol. The normalized spacial score (nSPS) is 11.4. The smallest absolute Gasteiger partial charge is 0.128 e. The zero-order valence-corrected chi connectivity index (χ0v) is 14.6. The van der Waals surface area contributed by atoms with Crippen molar-refractivity contribution in [2.24, 2.45) is 0 Å². The number of hydrogen-bond donors (Lipinski definition) is 0. The highest BCUT2D eigenvalue weighted by Gasteiger charge is 2.16. The number of fused-ring (bicyclic) bond motifs is 3. The monoisotopic (exact) mass is 309 g/mol. The van der Waals surface area contributed by atoms with E-state index in [9.17, 15) is 0 Å². The zero-order chi connectivity index (χ0) is 16.2. The fourth-order valence-corrected chi connectivity index (χ4v) is 3.69. The Hall–Kier alpha value is -1.96. The van der Waals surface area contributed by atoms with Gasteiger partial charge in [-0.25, -0.2) is 0 Å². The van der Waals surface area contributed by atoms with E-state index in [1.165, 1.54) is 53.1 Å². The summed E-state index contributed by atoms with van der Waals surface area (Å²) < 4.78 is 8.08. The summed E-state index contributed by atoms with van der Waals surface area (Å²) in [6.07, 6.45) is 6.35. The third-order valence-electron chi connectivity index (χ3n) is 4.80. The summed E-state index contributed by atoms with van der Waals surface area (Å²) in [6, 6.07) is 13.1. The van der Waals surface area contributed by atoms with Crippen LogP contribution in [-0.4, -0.2) is 11.7 Å². The van der Waals surface area contributed by atoms with Crippen LogP contribution in [0, 0.1) is 0 Å². The molecule has 0 fully saturated rings. The first kappa shape index (κ1) is 15.9. The fraction of sp³-hybridized carbons (Fsp3) is 0.429. The van der Waals surface area contributed by atoms with Crippen molar-refractivity contribution in [3.05, 3.63) is 42.0 Å². The molecule has 2 aromatic carbocycles. The molecule has 0 N–H and O–H groups in total. The Kier molecular flexibility index (Phi) is 4.90. The van der Waals surface area contributed by atoms with Crippen molar-refractivity contribution in [2.75, 3.05) is 7.11 Å². The average molecular weight is 309 g/mol. The molecule has 0 aliphatic heterocycles. The molecular formula is C21H27NO. The Balaban J connectivity index is 2.18. The van der Waals surface area contributed by atoms with Gasteiger partial charge in [0.15, 0.2) is 0 Å². The average Bonchev–Trinajstić information content (AvgIpc) is 2.93. The van der Waals surface area contributed by atoms with Crippen LogP contribution in [0.4, 0.5) is 0 Å². The molecule has 0 saturated heterocycles. The second kappa shape index (κ2) is 7.08. The SMILES string of the molecule is CCCCCCc1cccc2c1c1c(OC)cccc1n2CC. The van der Waals surface area contributed by atoms with Crippen molar-refractivity contribution in [2.45, 2.75) is 52.5 Å². The second-order valence-corrected chi connectivity index (χ2v) is 6.22. The fourth-order valence-electron chi connectivity index (χ4n) is 3.69. The molecule has 0 bridgehead atoms. The van der Waals surface area contributed by atoms with Crippen LogP contribution in [0.25, 0.3) is 21.8 Å². The summed E-state index contributed by atoms with van der Waals surface area (Å²) in [5.74, 6) is 0.987. The zero-order valence-electron chi connectivity index (χ0n) is 14.6. The van der Waals surface area contributed by atoms with Gasteiger partial charge in [-0.05, 0) is 43.5 Å². The van der Waals surface area contributed by atoms with E-state index in [2.05, 4.69) is 54.8 Å². The quantitative estimate of drug-likeness (QED) is 0.492. The Morgan fingerprint density at radius 1 is 0.870 bits per heavy atom. The molecule has 0 aliphatic rings. The molecule has 0 spiro atoms. The number of aryl methyl sites for hydroxylation is 2. The van der Waals surface area contributed by atoms with Crippen molar-refractivity contribution >= 4 is 21.8 Å². The van der Waals surface area contributed by atoms with Gasteiger partial charge in [-0.3, -0.25) is 0 Å². The lowest BCUT2D eigenvalue weighted by atomic mass is 10.00. The van der Waals surface area contributed by atoms with Crippen LogP contribution in [0.5, 0.6) is 5.75 Å². The molecule has 1 aromatic heterocycles. The number of hydrogen-bond acceptors (Lipinski definition) is 1. The van der Waals surface area contributed by atoms with E-state index in [1.54, 1.807) is 7.11 Å². The number of unbranched alkanes of at least 4 members (excludes halogenated alkanes) is 3. The topological polar surface area (TPSA) is 14.2 Å². The maximum absolute atomic E-state index is 5.68. The minimum atomic E-state index is 0.979. The lowest BCUT2D eigenvalue weighted by Gasteiger charge is -2.06. The molecule has 23 heavy (non-hydrogen) atoms.